The Morgan fingerprint density at radius 3 is 2.48 bits per heavy atom. The molecule has 2 fully saturated rings. The fourth-order valence-electron chi connectivity index (χ4n) is 4.68. The second-order valence-corrected chi connectivity index (χ2v) is 7.83. The lowest BCUT2D eigenvalue weighted by Gasteiger charge is -2.38. The lowest BCUT2D eigenvalue weighted by atomic mass is 9.84. The second-order valence-electron chi connectivity index (χ2n) is 7.83. The zero-order valence-electron chi connectivity index (χ0n) is 14.4. The molecule has 124 valence electrons. The summed E-state index contributed by atoms with van der Waals surface area (Å²) in [7, 11) is 0. The van der Waals surface area contributed by atoms with Crippen LogP contribution in [0.4, 0.5) is 0 Å². The van der Waals surface area contributed by atoms with E-state index in [1.54, 1.807) is 0 Å². The third kappa shape index (κ3) is 4.43. The molecule has 2 saturated carbocycles. The molecule has 2 N–H and O–H groups in total. The van der Waals surface area contributed by atoms with E-state index in [1.807, 2.05) is 0 Å². The molecule has 0 heterocycles. The van der Waals surface area contributed by atoms with Crippen LogP contribution in [0.25, 0.3) is 0 Å². The zero-order chi connectivity index (χ0) is 15.3. The minimum Gasteiger partial charge on any atom is -0.395 e. The Morgan fingerprint density at radius 2 is 1.86 bits per heavy atom. The first-order chi connectivity index (χ1) is 10.1. The molecule has 0 aromatic rings. The van der Waals surface area contributed by atoms with Crippen molar-refractivity contribution >= 4 is 0 Å². The first kappa shape index (κ1) is 17.2. The van der Waals surface area contributed by atoms with Crippen molar-refractivity contribution in [3.8, 4) is 0 Å². The monoisotopic (exact) mass is 296 g/mol. The van der Waals surface area contributed by atoms with Crippen LogP contribution in [0.2, 0.25) is 0 Å². The van der Waals surface area contributed by atoms with E-state index in [1.165, 1.54) is 51.5 Å². The largest absolute Gasteiger partial charge is 0.395 e. The maximum Gasteiger partial charge on any atom is 0.0558 e. The maximum atomic E-state index is 9.46. The van der Waals surface area contributed by atoms with Gasteiger partial charge in [0.05, 0.1) is 6.61 Å². The second kappa shape index (κ2) is 7.94. The third-order valence-electron chi connectivity index (χ3n) is 5.84. The Balaban J connectivity index is 1.98. The number of rotatable bonds is 7. The average Bonchev–Trinajstić information content (AvgIpc) is 2.76. The van der Waals surface area contributed by atoms with E-state index in [0.29, 0.717) is 18.1 Å². The standard InChI is InChI=1S/C18H36N2O/c1-4-19-17-15(10-11-18(17,2)3)14-20(12-13-21)16-8-6-5-7-9-16/h15-17,19,21H,4-14H2,1-3H3. The number of aliphatic hydroxyl groups excluding tert-OH is 1. The van der Waals surface area contributed by atoms with Crippen LogP contribution in [0.1, 0.15) is 65.7 Å². The van der Waals surface area contributed by atoms with Gasteiger partial charge in [-0.05, 0) is 43.6 Å². The Kier molecular flexibility index (Phi) is 6.51. The van der Waals surface area contributed by atoms with Crippen molar-refractivity contribution in [2.45, 2.75) is 77.8 Å². The van der Waals surface area contributed by atoms with Crippen molar-refractivity contribution in [2.75, 3.05) is 26.2 Å². The van der Waals surface area contributed by atoms with Crippen LogP contribution in [-0.2, 0) is 0 Å². The van der Waals surface area contributed by atoms with Crippen LogP contribution in [0.5, 0.6) is 0 Å². The third-order valence-corrected chi connectivity index (χ3v) is 5.84. The van der Waals surface area contributed by atoms with Crippen molar-refractivity contribution in [1.29, 1.82) is 0 Å². The van der Waals surface area contributed by atoms with Crippen LogP contribution >= 0.6 is 0 Å². The minimum atomic E-state index is 0.304. The Bertz CT molecular complexity index is 300. The van der Waals surface area contributed by atoms with E-state index < -0.39 is 0 Å². The van der Waals surface area contributed by atoms with Crippen LogP contribution < -0.4 is 5.32 Å². The molecule has 0 aromatic heterocycles. The van der Waals surface area contributed by atoms with Crippen molar-refractivity contribution in [2.24, 2.45) is 11.3 Å². The first-order valence-electron chi connectivity index (χ1n) is 9.16. The topological polar surface area (TPSA) is 35.5 Å². The van der Waals surface area contributed by atoms with Gasteiger partial charge in [-0.2, -0.15) is 0 Å². The highest BCUT2D eigenvalue weighted by atomic mass is 16.3. The molecule has 0 aliphatic heterocycles. The number of hydrogen-bond acceptors (Lipinski definition) is 3. The quantitative estimate of drug-likeness (QED) is 0.758. The summed E-state index contributed by atoms with van der Waals surface area (Å²) < 4.78 is 0. The molecule has 2 unspecified atom stereocenters. The van der Waals surface area contributed by atoms with Gasteiger partial charge in [0.25, 0.3) is 0 Å². The molecular weight excluding hydrogens is 260 g/mol. The first-order valence-corrected chi connectivity index (χ1v) is 9.16. The summed E-state index contributed by atoms with van der Waals surface area (Å²) in [5.74, 6) is 0.744. The van der Waals surface area contributed by atoms with E-state index in [0.717, 1.165) is 25.0 Å². The van der Waals surface area contributed by atoms with E-state index in [4.69, 9.17) is 0 Å². The highest BCUT2D eigenvalue weighted by Gasteiger charge is 2.42. The van der Waals surface area contributed by atoms with Gasteiger partial charge >= 0.3 is 0 Å². The Labute approximate surface area is 131 Å². The van der Waals surface area contributed by atoms with Crippen LogP contribution in [0.3, 0.4) is 0 Å². The fraction of sp³-hybridized carbons (Fsp3) is 1.00. The van der Waals surface area contributed by atoms with Gasteiger partial charge < -0.3 is 10.4 Å². The Morgan fingerprint density at radius 1 is 1.14 bits per heavy atom. The molecule has 2 atom stereocenters. The highest BCUT2D eigenvalue weighted by molar-refractivity contribution is 4.97. The van der Waals surface area contributed by atoms with Crippen molar-refractivity contribution < 1.29 is 5.11 Å². The van der Waals surface area contributed by atoms with Gasteiger partial charge in [0, 0.05) is 25.2 Å². The van der Waals surface area contributed by atoms with Gasteiger partial charge in [-0.15, -0.1) is 0 Å². The molecule has 21 heavy (non-hydrogen) atoms. The van der Waals surface area contributed by atoms with Gasteiger partial charge in [0.15, 0.2) is 0 Å². The van der Waals surface area contributed by atoms with E-state index in [-0.39, 0.29) is 0 Å². The van der Waals surface area contributed by atoms with Gasteiger partial charge in [0.1, 0.15) is 0 Å². The van der Waals surface area contributed by atoms with E-state index in [2.05, 4.69) is 31.0 Å². The summed E-state index contributed by atoms with van der Waals surface area (Å²) in [6.07, 6.45) is 9.48. The Hall–Kier alpha value is -0.120. The summed E-state index contributed by atoms with van der Waals surface area (Å²) in [5.41, 5.74) is 0.415. The number of aliphatic hydroxyl groups is 1. The molecule has 0 aromatic carbocycles. The smallest absolute Gasteiger partial charge is 0.0558 e. The van der Waals surface area contributed by atoms with Crippen molar-refractivity contribution in [1.82, 2.24) is 10.2 Å². The number of hydrogen-bond donors (Lipinski definition) is 2. The predicted octanol–water partition coefficient (Wildman–Crippen LogP) is 3.03. The van der Waals surface area contributed by atoms with Gasteiger partial charge in [-0.25, -0.2) is 0 Å². The fourth-order valence-corrected chi connectivity index (χ4v) is 4.68. The van der Waals surface area contributed by atoms with Crippen LogP contribution in [-0.4, -0.2) is 48.3 Å². The number of nitrogens with zero attached hydrogens (tertiary/aromatic N) is 1. The molecule has 0 amide bonds. The highest BCUT2D eigenvalue weighted by Crippen LogP contribution is 2.42. The molecule has 2 aliphatic rings. The predicted molar refractivity (Wildman–Crippen MR) is 89.5 cm³/mol. The molecule has 0 saturated heterocycles. The molecule has 0 radical (unpaired) electrons. The lowest BCUT2D eigenvalue weighted by Crippen LogP contribution is -2.48. The lowest BCUT2D eigenvalue weighted by molar-refractivity contribution is 0.0954. The van der Waals surface area contributed by atoms with Gasteiger partial charge in [-0.3, -0.25) is 4.90 Å². The summed E-state index contributed by atoms with van der Waals surface area (Å²) in [4.78, 5) is 2.61. The molecule has 0 spiro atoms. The SMILES string of the molecule is CCNC1C(CN(CCO)C2CCCCC2)CCC1(C)C. The average molecular weight is 296 g/mol. The van der Waals surface area contributed by atoms with Crippen molar-refractivity contribution in [3.05, 3.63) is 0 Å². The molecule has 3 nitrogen and oxygen atoms in total. The minimum absolute atomic E-state index is 0.304. The molecular formula is C18H36N2O. The summed E-state index contributed by atoms with van der Waals surface area (Å²) in [6, 6.07) is 1.35. The summed E-state index contributed by atoms with van der Waals surface area (Å²) in [5, 5.41) is 13.2. The van der Waals surface area contributed by atoms with Crippen LogP contribution in [0.15, 0.2) is 0 Å². The maximum absolute atomic E-state index is 9.46. The molecule has 3 heteroatoms. The van der Waals surface area contributed by atoms with E-state index in [9.17, 15) is 5.11 Å². The van der Waals surface area contributed by atoms with Crippen molar-refractivity contribution in [3.63, 3.8) is 0 Å². The number of nitrogens with one attached hydrogen (secondary N) is 1. The van der Waals surface area contributed by atoms with E-state index >= 15 is 0 Å². The summed E-state index contributed by atoms with van der Waals surface area (Å²) in [6.45, 7) is 10.5. The normalized spacial score (nSPS) is 30.1. The summed E-state index contributed by atoms with van der Waals surface area (Å²) >= 11 is 0. The van der Waals surface area contributed by atoms with Crippen LogP contribution in [0, 0.1) is 11.3 Å². The molecule has 0 bridgehead atoms. The van der Waals surface area contributed by atoms with Gasteiger partial charge in [-0.1, -0.05) is 40.0 Å². The van der Waals surface area contributed by atoms with Gasteiger partial charge in [0.2, 0.25) is 0 Å². The molecule has 2 rings (SSSR count). The molecule has 2 aliphatic carbocycles. The zero-order valence-corrected chi connectivity index (χ0v) is 14.4.